The monoisotopic (exact) mass is 499 g/mol. The lowest BCUT2D eigenvalue weighted by molar-refractivity contribution is -0.532. The summed E-state index contributed by atoms with van der Waals surface area (Å²) < 4.78 is 11.9. The maximum atomic E-state index is 13.2. The summed E-state index contributed by atoms with van der Waals surface area (Å²) in [7, 11) is 0. The van der Waals surface area contributed by atoms with Gasteiger partial charge in [-0.3, -0.25) is 20.2 Å². The molecule has 2 N–H and O–H groups in total. The highest BCUT2D eigenvalue weighted by Gasteiger charge is 2.67. The van der Waals surface area contributed by atoms with E-state index in [0.717, 1.165) is 0 Å². The Bertz CT molecular complexity index is 1130. The number of rotatable bonds is 6. The van der Waals surface area contributed by atoms with Crippen LogP contribution in [0.5, 0.6) is 11.5 Å². The summed E-state index contributed by atoms with van der Waals surface area (Å²) in [5.74, 6) is 2.24. The van der Waals surface area contributed by atoms with Crippen LogP contribution in [0.25, 0.3) is 0 Å². The number of nitrogens with zero attached hydrogens (tertiary/aromatic N) is 1. The number of hydrogen-bond donors (Lipinski definition) is 2. The van der Waals surface area contributed by atoms with Crippen LogP contribution in [0.4, 0.5) is 5.69 Å². The summed E-state index contributed by atoms with van der Waals surface area (Å²) in [6.07, 6.45) is 5.32. The van der Waals surface area contributed by atoms with E-state index < -0.39 is 23.4 Å². The van der Waals surface area contributed by atoms with Crippen LogP contribution in [0.1, 0.15) is 30.9 Å². The van der Waals surface area contributed by atoms with Crippen molar-refractivity contribution in [1.82, 2.24) is 5.32 Å². The van der Waals surface area contributed by atoms with Gasteiger partial charge in [-0.1, -0.05) is 24.1 Å². The Morgan fingerprint density at radius 2 is 2.06 bits per heavy atom. The van der Waals surface area contributed by atoms with Crippen LogP contribution in [0, 0.1) is 22.5 Å². The fraction of sp³-hybridized carbons (Fsp3) is 0.348. The summed E-state index contributed by atoms with van der Waals surface area (Å²) in [6.45, 7) is 4.11. The second-order valence-electron chi connectivity index (χ2n) is 7.75. The molecule has 1 amide bonds. The maximum Gasteiger partial charge on any atom is 0.256 e. The van der Waals surface area contributed by atoms with Crippen LogP contribution in [0.15, 0.2) is 40.9 Å². The number of hydrogen-bond acceptors (Lipinski definition) is 6. The second kappa shape index (κ2) is 8.45. The highest BCUT2D eigenvalue weighted by atomic mass is 79.9. The highest BCUT2D eigenvalue weighted by molar-refractivity contribution is 9.10. The van der Waals surface area contributed by atoms with Crippen LogP contribution >= 0.6 is 15.9 Å². The molecule has 0 bridgehead atoms. The molecule has 4 atom stereocenters. The summed E-state index contributed by atoms with van der Waals surface area (Å²) in [6, 6.07) is 8.96. The number of para-hydroxylation sites is 1. The molecule has 4 rings (SSSR count). The van der Waals surface area contributed by atoms with Crippen LogP contribution in [-0.2, 0) is 10.3 Å². The lowest BCUT2D eigenvalue weighted by Crippen LogP contribution is -2.54. The van der Waals surface area contributed by atoms with Gasteiger partial charge < -0.3 is 14.8 Å². The molecule has 0 aliphatic carbocycles. The number of terminal acetylenes is 1. The van der Waals surface area contributed by atoms with E-state index >= 15 is 0 Å². The zero-order valence-corrected chi connectivity index (χ0v) is 19.1. The number of amides is 1. The Balaban J connectivity index is 1.85. The van der Waals surface area contributed by atoms with Crippen molar-refractivity contribution in [2.24, 2.45) is 0 Å². The third kappa shape index (κ3) is 3.31. The fourth-order valence-electron chi connectivity index (χ4n) is 4.85. The zero-order chi connectivity index (χ0) is 23.0. The minimum absolute atomic E-state index is 0.0526. The van der Waals surface area contributed by atoms with E-state index in [1.54, 1.807) is 36.4 Å². The quantitative estimate of drug-likeness (QED) is 0.358. The van der Waals surface area contributed by atoms with E-state index in [0.29, 0.717) is 39.4 Å². The van der Waals surface area contributed by atoms with Gasteiger partial charge in [0, 0.05) is 22.2 Å². The first-order valence-corrected chi connectivity index (χ1v) is 11.0. The highest BCUT2D eigenvalue weighted by Crippen LogP contribution is 2.51. The Labute approximate surface area is 193 Å². The molecule has 2 aliphatic rings. The Kier molecular flexibility index (Phi) is 5.84. The van der Waals surface area contributed by atoms with Crippen molar-refractivity contribution >= 4 is 27.5 Å². The number of halogens is 1. The molecule has 2 aromatic rings. The van der Waals surface area contributed by atoms with Crippen LogP contribution in [-0.4, -0.2) is 36.1 Å². The topological polar surface area (TPSA) is 103 Å². The molecule has 32 heavy (non-hydrogen) atoms. The first-order chi connectivity index (χ1) is 15.3. The van der Waals surface area contributed by atoms with Crippen LogP contribution in [0.2, 0.25) is 0 Å². The van der Waals surface area contributed by atoms with Gasteiger partial charge in [-0.15, -0.1) is 6.42 Å². The number of nitro groups is 1. The van der Waals surface area contributed by atoms with Gasteiger partial charge in [0.25, 0.3) is 11.9 Å². The first kappa shape index (κ1) is 22.1. The number of carbonyl (C=O) groups excluding carboxylic acids is 1. The van der Waals surface area contributed by atoms with Gasteiger partial charge in [-0.2, -0.15) is 0 Å². The molecule has 0 unspecified atom stereocenters. The van der Waals surface area contributed by atoms with E-state index in [2.05, 4.69) is 32.5 Å². The SMILES string of the molecule is C#CCOc1c(Br)cc([C@@H]2[C@H](C)N[C@@]3(C(=O)Nc4ccccc43)[C@H]2[N+](=O)[O-])cc1OCC. The van der Waals surface area contributed by atoms with Crippen LogP contribution < -0.4 is 20.1 Å². The largest absolute Gasteiger partial charge is 0.490 e. The lowest BCUT2D eigenvalue weighted by Gasteiger charge is -2.25. The minimum Gasteiger partial charge on any atom is -0.490 e. The number of nitrogens with one attached hydrogen (secondary N) is 2. The predicted molar refractivity (Wildman–Crippen MR) is 123 cm³/mol. The second-order valence-corrected chi connectivity index (χ2v) is 8.61. The third-order valence-corrected chi connectivity index (χ3v) is 6.57. The standard InChI is InChI=1S/C23H22BrN3O5/c1-4-10-32-20-16(24)11-14(12-18(20)31-5-2)19-13(3)26-23(21(19)27(29)30)15-8-6-7-9-17(15)25-22(23)28/h1,6-9,11-13,19,21,26H,5,10H2,2-3H3,(H,25,28)/t13-,19-,21-,23+/m0/s1. The molecule has 166 valence electrons. The Morgan fingerprint density at radius 3 is 2.75 bits per heavy atom. The van der Waals surface area contributed by atoms with E-state index in [4.69, 9.17) is 15.9 Å². The van der Waals surface area contributed by atoms with Crippen molar-refractivity contribution in [1.29, 1.82) is 0 Å². The first-order valence-electron chi connectivity index (χ1n) is 10.2. The summed E-state index contributed by atoms with van der Waals surface area (Å²) >= 11 is 3.49. The molecule has 2 aliphatic heterocycles. The average molecular weight is 500 g/mol. The molecule has 1 spiro atoms. The van der Waals surface area contributed by atoms with E-state index in [9.17, 15) is 14.9 Å². The number of anilines is 1. The smallest absolute Gasteiger partial charge is 0.256 e. The zero-order valence-electron chi connectivity index (χ0n) is 17.6. The van der Waals surface area contributed by atoms with E-state index in [1.165, 1.54) is 0 Å². The number of benzene rings is 2. The van der Waals surface area contributed by atoms with Crippen molar-refractivity contribution in [3.05, 3.63) is 62.1 Å². The summed E-state index contributed by atoms with van der Waals surface area (Å²) in [4.78, 5) is 25.2. The van der Waals surface area contributed by atoms with Gasteiger partial charge in [0.15, 0.2) is 17.0 Å². The van der Waals surface area contributed by atoms with E-state index in [1.807, 2.05) is 13.8 Å². The molecule has 0 radical (unpaired) electrons. The molecule has 1 saturated heterocycles. The van der Waals surface area contributed by atoms with Gasteiger partial charge in [-0.25, -0.2) is 0 Å². The third-order valence-electron chi connectivity index (χ3n) is 5.98. The van der Waals surface area contributed by atoms with Gasteiger partial charge >= 0.3 is 0 Å². The molecule has 0 saturated carbocycles. The molecule has 8 nitrogen and oxygen atoms in total. The van der Waals surface area contributed by atoms with Gasteiger partial charge in [0.05, 0.1) is 17.0 Å². The van der Waals surface area contributed by atoms with Gasteiger partial charge in [-0.05, 0) is 53.5 Å². The van der Waals surface area contributed by atoms with Crippen molar-refractivity contribution in [2.75, 3.05) is 18.5 Å². The average Bonchev–Trinajstić information content (AvgIpc) is 3.22. The van der Waals surface area contributed by atoms with Crippen molar-refractivity contribution < 1.29 is 19.2 Å². The molecule has 9 heteroatoms. The minimum atomic E-state index is -1.47. The predicted octanol–water partition coefficient (Wildman–Crippen LogP) is 3.43. The van der Waals surface area contributed by atoms with Crippen molar-refractivity contribution in [2.45, 2.75) is 37.4 Å². The molecule has 1 fully saturated rings. The van der Waals surface area contributed by atoms with Crippen molar-refractivity contribution in [3.8, 4) is 23.8 Å². The summed E-state index contributed by atoms with van der Waals surface area (Å²) in [5, 5.41) is 18.5. The molecule has 2 aromatic carbocycles. The van der Waals surface area contributed by atoms with Crippen LogP contribution in [0.3, 0.4) is 0 Å². The molecule has 0 aromatic heterocycles. The fourth-order valence-corrected chi connectivity index (χ4v) is 5.42. The number of carbonyl (C=O) groups is 1. The molecule has 2 heterocycles. The molecular formula is C23H22BrN3O5. The number of ether oxygens (including phenoxy) is 2. The number of fused-ring (bicyclic) bond motifs is 2. The summed E-state index contributed by atoms with van der Waals surface area (Å²) in [5.41, 5.74) is 0.350. The lowest BCUT2D eigenvalue weighted by atomic mass is 9.78. The van der Waals surface area contributed by atoms with E-state index in [-0.39, 0.29) is 17.6 Å². The Morgan fingerprint density at radius 1 is 1.31 bits per heavy atom. The van der Waals surface area contributed by atoms with Gasteiger partial charge in [0.2, 0.25) is 0 Å². The normalized spacial score (nSPS) is 25.8. The Hall–Kier alpha value is -3.09. The van der Waals surface area contributed by atoms with Gasteiger partial charge in [0.1, 0.15) is 6.61 Å². The maximum absolute atomic E-state index is 13.2. The molecular weight excluding hydrogens is 478 g/mol. The van der Waals surface area contributed by atoms with Crippen molar-refractivity contribution in [3.63, 3.8) is 0 Å².